The quantitative estimate of drug-likeness (QED) is 0.357. The number of ether oxygens (including phenoxy) is 4. The maximum absolute atomic E-state index is 12.7. The van der Waals surface area contributed by atoms with Crippen LogP contribution in [0.1, 0.15) is 31.2 Å². The van der Waals surface area contributed by atoms with Gasteiger partial charge < -0.3 is 29.5 Å². The van der Waals surface area contributed by atoms with Crippen LogP contribution in [0.3, 0.4) is 0 Å². The van der Waals surface area contributed by atoms with E-state index in [-0.39, 0.29) is 5.75 Å². The van der Waals surface area contributed by atoms with Gasteiger partial charge in [0, 0.05) is 26.2 Å². The van der Waals surface area contributed by atoms with Gasteiger partial charge in [0.05, 0.1) is 33.5 Å². The zero-order valence-corrected chi connectivity index (χ0v) is 16.9. The second-order valence-electron chi connectivity index (χ2n) is 5.90. The first-order chi connectivity index (χ1) is 13.6. The third kappa shape index (κ3) is 14.4. The Morgan fingerprint density at radius 3 is 1.93 bits per heavy atom. The summed E-state index contributed by atoms with van der Waals surface area (Å²) in [6, 6.07) is 2.45. The molecule has 0 fully saturated rings. The zero-order valence-electron chi connectivity index (χ0n) is 16.9. The molecule has 0 aliphatic rings. The van der Waals surface area contributed by atoms with Crippen LogP contribution >= 0.6 is 0 Å². The van der Waals surface area contributed by atoms with E-state index < -0.39 is 11.6 Å². The van der Waals surface area contributed by atoms with Crippen molar-refractivity contribution in [3.8, 4) is 5.75 Å². The topological polar surface area (TPSA) is 80.0 Å². The zero-order chi connectivity index (χ0) is 21.0. The van der Waals surface area contributed by atoms with Crippen molar-refractivity contribution in [2.45, 2.75) is 32.6 Å². The third-order valence-corrected chi connectivity index (χ3v) is 3.44. The molecular weight excluding hydrogens is 372 g/mol. The van der Waals surface area contributed by atoms with Crippen molar-refractivity contribution in [3.63, 3.8) is 0 Å². The molecule has 0 spiro atoms. The van der Waals surface area contributed by atoms with Gasteiger partial charge in [-0.2, -0.15) is 0 Å². The summed E-state index contributed by atoms with van der Waals surface area (Å²) in [6.07, 6.45) is 4.52. The van der Waals surface area contributed by atoms with Gasteiger partial charge >= 0.3 is 0 Å². The highest BCUT2D eigenvalue weighted by molar-refractivity contribution is 5.49. The van der Waals surface area contributed by atoms with Crippen LogP contribution in [0.15, 0.2) is 12.1 Å². The van der Waals surface area contributed by atoms with E-state index in [1.165, 1.54) is 19.2 Å². The lowest BCUT2D eigenvalue weighted by molar-refractivity contribution is -0.108. The summed E-state index contributed by atoms with van der Waals surface area (Å²) in [4.78, 5) is 9.98. The van der Waals surface area contributed by atoms with Crippen molar-refractivity contribution < 1.29 is 32.5 Å². The minimum Gasteiger partial charge on any atom is -0.491 e. The van der Waals surface area contributed by atoms with Gasteiger partial charge in [0.1, 0.15) is 6.29 Å². The molecule has 0 unspecified atom stereocenters. The molecule has 8 heteroatoms. The molecular formula is C20H33F2NO5. The second kappa shape index (κ2) is 18.7. The molecule has 162 valence electrons. The average Bonchev–Trinajstić information content (AvgIpc) is 2.66. The molecule has 0 bridgehead atoms. The molecule has 0 atom stereocenters. The summed E-state index contributed by atoms with van der Waals surface area (Å²) in [7, 11) is 1.23. The molecule has 1 rings (SSSR count). The van der Waals surface area contributed by atoms with Gasteiger partial charge in [0.2, 0.25) is 0 Å². The van der Waals surface area contributed by atoms with E-state index in [0.29, 0.717) is 45.0 Å². The van der Waals surface area contributed by atoms with Gasteiger partial charge in [0.25, 0.3) is 0 Å². The Labute approximate surface area is 166 Å². The lowest BCUT2D eigenvalue weighted by Crippen LogP contribution is -2.09. The number of carbonyl (C=O) groups is 1. The molecule has 0 aliphatic heterocycles. The summed E-state index contributed by atoms with van der Waals surface area (Å²) in [5, 5.41) is 0. The summed E-state index contributed by atoms with van der Waals surface area (Å²) in [6.45, 7) is 6.05. The predicted octanol–water partition coefficient (Wildman–Crippen LogP) is 3.04. The molecule has 0 heterocycles. The van der Waals surface area contributed by atoms with Crippen LogP contribution in [0.25, 0.3) is 0 Å². The minimum atomic E-state index is -0.662. The standard InChI is InChI=1S/C12H25NO4.C8H8F2O/c13-5-10-15-7-2-1-3-8-16-11-12-17-9-4-6-14;1-5-3-6(9)8(11-2)7(10)4-5/h6H,1-5,7-13H2;3-4H,1-2H3. The molecule has 1 aromatic rings. The van der Waals surface area contributed by atoms with Crippen LogP contribution in [-0.2, 0) is 19.0 Å². The van der Waals surface area contributed by atoms with E-state index in [2.05, 4.69) is 4.74 Å². The monoisotopic (exact) mass is 405 g/mol. The highest BCUT2D eigenvalue weighted by Crippen LogP contribution is 2.21. The van der Waals surface area contributed by atoms with Crippen LogP contribution < -0.4 is 10.5 Å². The number of hydrogen-bond acceptors (Lipinski definition) is 6. The normalized spacial score (nSPS) is 10.3. The van der Waals surface area contributed by atoms with E-state index in [0.717, 1.165) is 38.8 Å². The average molecular weight is 405 g/mol. The third-order valence-electron chi connectivity index (χ3n) is 3.44. The molecule has 0 aromatic heterocycles. The molecule has 0 saturated heterocycles. The maximum Gasteiger partial charge on any atom is 0.190 e. The smallest absolute Gasteiger partial charge is 0.190 e. The predicted molar refractivity (Wildman–Crippen MR) is 104 cm³/mol. The van der Waals surface area contributed by atoms with Gasteiger partial charge in [-0.05, 0) is 43.9 Å². The van der Waals surface area contributed by atoms with Gasteiger partial charge in [-0.1, -0.05) is 0 Å². The SMILES string of the molecule is COc1c(F)cc(C)cc1F.NCCOCCCCCOCCOCCC=O. The lowest BCUT2D eigenvalue weighted by Gasteiger charge is -2.05. The molecule has 0 saturated carbocycles. The molecule has 28 heavy (non-hydrogen) atoms. The molecule has 0 radical (unpaired) electrons. The molecule has 0 amide bonds. The van der Waals surface area contributed by atoms with Crippen LogP contribution in [0.4, 0.5) is 8.78 Å². The van der Waals surface area contributed by atoms with Crippen LogP contribution in [0, 0.1) is 18.6 Å². The van der Waals surface area contributed by atoms with Gasteiger partial charge in [-0.15, -0.1) is 0 Å². The van der Waals surface area contributed by atoms with E-state index in [1.54, 1.807) is 6.92 Å². The number of unbranched alkanes of at least 4 members (excludes halogenated alkanes) is 2. The Morgan fingerprint density at radius 1 is 0.893 bits per heavy atom. The Balaban J connectivity index is 0.000000567. The fourth-order valence-electron chi connectivity index (χ4n) is 2.11. The van der Waals surface area contributed by atoms with E-state index in [1.807, 2.05) is 0 Å². The number of hydrogen-bond donors (Lipinski definition) is 1. The maximum atomic E-state index is 12.7. The number of halogens is 2. The fraction of sp³-hybridized carbons (Fsp3) is 0.650. The van der Waals surface area contributed by atoms with Crippen molar-refractivity contribution in [3.05, 3.63) is 29.3 Å². The first kappa shape index (κ1) is 26.4. The summed E-state index contributed by atoms with van der Waals surface area (Å²) < 4.78 is 45.8. The highest BCUT2D eigenvalue weighted by Gasteiger charge is 2.08. The first-order valence-electron chi connectivity index (χ1n) is 9.43. The van der Waals surface area contributed by atoms with Crippen LogP contribution in [0.2, 0.25) is 0 Å². The molecule has 0 aliphatic carbocycles. The second-order valence-corrected chi connectivity index (χ2v) is 5.90. The van der Waals surface area contributed by atoms with Crippen molar-refractivity contribution in [2.24, 2.45) is 5.73 Å². The number of aldehydes is 1. The number of aryl methyl sites for hydroxylation is 1. The van der Waals surface area contributed by atoms with Gasteiger partial charge in [-0.25, -0.2) is 8.78 Å². The summed E-state index contributed by atoms with van der Waals surface area (Å²) in [5.74, 6) is -1.65. The Morgan fingerprint density at radius 2 is 1.43 bits per heavy atom. The minimum absolute atomic E-state index is 0.324. The van der Waals surface area contributed by atoms with Crippen LogP contribution in [0.5, 0.6) is 5.75 Å². The highest BCUT2D eigenvalue weighted by atomic mass is 19.1. The molecule has 2 N–H and O–H groups in total. The number of benzene rings is 1. The van der Waals surface area contributed by atoms with Gasteiger partial charge in [-0.3, -0.25) is 0 Å². The van der Waals surface area contributed by atoms with E-state index in [9.17, 15) is 13.6 Å². The van der Waals surface area contributed by atoms with Gasteiger partial charge in [0.15, 0.2) is 17.4 Å². The van der Waals surface area contributed by atoms with E-state index in [4.69, 9.17) is 19.9 Å². The Kier molecular flexibility index (Phi) is 17.7. The molecule has 6 nitrogen and oxygen atoms in total. The number of methoxy groups -OCH3 is 1. The van der Waals surface area contributed by atoms with E-state index >= 15 is 0 Å². The number of nitrogens with two attached hydrogens (primary N) is 1. The fourth-order valence-corrected chi connectivity index (χ4v) is 2.11. The first-order valence-corrected chi connectivity index (χ1v) is 9.43. The lowest BCUT2D eigenvalue weighted by atomic mass is 10.2. The summed E-state index contributed by atoms with van der Waals surface area (Å²) >= 11 is 0. The van der Waals surface area contributed by atoms with Crippen molar-refractivity contribution in [2.75, 3.05) is 53.3 Å². The molecule has 1 aromatic carbocycles. The number of carbonyl (C=O) groups excluding carboxylic acids is 1. The Hall–Kier alpha value is -1.61. The largest absolute Gasteiger partial charge is 0.491 e. The van der Waals surface area contributed by atoms with Crippen LogP contribution in [-0.4, -0.2) is 59.6 Å². The van der Waals surface area contributed by atoms with Crippen molar-refractivity contribution in [1.82, 2.24) is 0 Å². The van der Waals surface area contributed by atoms with Crippen molar-refractivity contribution in [1.29, 1.82) is 0 Å². The Bertz CT molecular complexity index is 494. The summed E-state index contributed by atoms with van der Waals surface area (Å²) in [5.41, 5.74) is 5.83. The van der Waals surface area contributed by atoms with Crippen molar-refractivity contribution >= 4 is 6.29 Å². The number of rotatable bonds is 15.